The van der Waals surface area contributed by atoms with Crippen LogP contribution >= 0.6 is 11.3 Å². The number of para-hydroxylation sites is 1. The van der Waals surface area contributed by atoms with Crippen molar-refractivity contribution in [3.05, 3.63) is 120 Å². The number of hydrogen-bond donors (Lipinski definition) is 1. The lowest BCUT2D eigenvalue weighted by atomic mass is 10.1. The fourth-order valence-corrected chi connectivity index (χ4v) is 5.51. The molecule has 180 valence electrons. The Morgan fingerprint density at radius 1 is 0.811 bits per heavy atom. The molecule has 0 bridgehead atoms. The van der Waals surface area contributed by atoms with E-state index in [1.807, 2.05) is 96.5 Å². The topological polar surface area (TPSA) is 59.8 Å². The monoisotopic (exact) mass is 500 g/mol. The van der Waals surface area contributed by atoms with Gasteiger partial charge in [-0.2, -0.15) is 5.10 Å². The number of carbonyl (C=O) groups excluding carboxylic acids is 1. The minimum absolute atomic E-state index is 0.193. The highest BCUT2D eigenvalue weighted by Crippen LogP contribution is 2.32. The normalized spacial score (nSPS) is 11.1. The predicted molar refractivity (Wildman–Crippen MR) is 151 cm³/mol. The van der Waals surface area contributed by atoms with Gasteiger partial charge in [0, 0.05) is 16.8 Å². The molecule has 0 saturated carbocycles. The molecule has 0 unspecified atom stereocenters. The number of carbonyl (C=O) groups is 1. The molecule has 6 rings (SSSR count). The highest BCUT2D eigenvalue weighted by molar-refractivity contribution is 7.21. The Labute approximate surface area is 219 Å². The Morgan fingerprint density at radius 2 is 1.51 bits per heavy atom. The summed E-state index contributed by atoms with van der Waals surface area (Å²) >= 11 is 1.67. The predicted octanol–water partition coefficient (Wildman–Crippen LogP) is 7.69. The average molecular weight is 501 g/mol. The number of benzene rings is 4. The number of aromatic nitrogens is 3. The molecule has 0 spiro atoms. The Hall–Kier alpha value is -4.55. The summed E-state index contributed by atoms with van der Waals surface area (Å²) in [4.78, 5) is 18.4. The summed E-state index contributed by atoms with van der Waals surface area (Å²) in [5, 5.41) is 8.88. The molecule has 0 atom stereocenters. The summed E-state index contributed by atoms with van der Waals surface area (Å²) in [7, 11) is 0. The van der Waals surface area contributed by atoms with Gasteiger partial charge in [0.25, 0.3) is 5.91 Å². The number of hydrogen-bond acceptors (Lipinski definition) is 4. The smallest absolute Gasteiger partial charge is 0.259 e. The standard InChI is InChI=1S/C31H24N4OS/c1-20-13-18-26-27(19-20)37-31(33-26)23-14-16-24(17-15-23)32-30(36)28-21(2)35(25-11-7-4-8-12-25)34-29(28)22-9-5-3-6-10-22/h3-19H,1-2H3,(H,32,36). The Kier molecular flexibility index (Phi) is 5.87. The van der Waals surface area contributed by atoms with Crippen molar-refractivity contribution in [2.24, 2.45) is 0 Å². The van der Waals surface area contributed by atoms with Crippen LogP contribution in [0.15, 0.2) is 103 Å². The van der Waals surface area contributed by atoms with Gasteiger partial charge >= 0.3 is 0 Å². The van der Waals surface area contributed by atoms with E-state index in [9.17, 15) is 4.79 Å². The largest absolute Gasteiger partial charge is 0.322 e. The van der Waals surface area contributed by atoms with Gasteiger partial charge in [-0.25, -0.2) is 9.67 Å². The summed E-state index contributed by atoms with van der Waals surface area (Å²) in [6, 6.07) is 33.8. The van der Waals surface area contributed by atoms with Crippen molar-refractivity contribution >= 4 is 33.1 Å². The van der Waals surface area contributed by atoms with Gasteiger partial charge in [-0.05, 0) is 67.9 Å². The van der Waals surface area contributed by atoms with Gasteiger partial charge in [0.1, 0.15) is 10.7 Å². The maximum atomic E-state index is 13.6. The van der Waals surface area contributed by atoms with Crippen molar-refractivity contribution in [2.75, 3.05) is 5.32 Å². The Bertz CT molecular complexity index is 1720. The maximum Gasteiger partial charge on any atom is 0.259 e. The van der Waals surface area contributed by atoms with Crippen LogP contribution in [0.2, 0.25) is 0 Å². The fraction of sp³-hybridized carbons (Fsp3) is 0.0645. The van der Waals surface area contributed by atoms with Crippen LogP contribution in [0.4, 0.5) is 5.69 Å². The van der Waals surface area contributed by atoms with Gasteiger partial charge in [0.05, 0.1) is 27.2 Å². The third-order valence-electron chi connectivity index (χ3n) is 6.33. The fourth-order valence-electron chi connectivity index (χ4n) is 4.44. The highest BCUT2D eigenvalue weighted by atomic mass is 32.1. The zero-order valence-corrected chi connectivity index (χ0v) is 21.3. The van der Waals surface area contributed by atoms with E-state index in [1.54, 1.807) is 11.3 Å². The molecule has 0 aliphatic heterocycles. The summed E-state index contributed by atoms with van der Waals surface area (Å²) in [6.45, 7) is 4.02. The molecular weight excluding hydrogens is 476 g/mol. The lowest BCUT2D eigenvalue weighted by Gasteiger charge is -2.08. The van der Waals surface area contributed by atoms with Crippen molar-refractivity contribution < 1.29 is 4.79 Å². The molecule has 2 aromatic heterocycles. The minimum atomic E-state index is -0.193. The summed E-state index contributed by atoms with van der Waals surface area (Å²) < 4.78 is 3.00. The molecule has 0 fully saturated rings. The van der Waals surface area contributed by atoms with Crippen molar-refractivity contribution in [3.8, 4) is 27.5 Å². The molecule has 1 amide bonds. The van der Waals surface area contributed by atoms with Gasteiger partial charge in [-0.15, -0.1) is 11.3 Å². The lowest BCUT2D eigenvalue weighted by molar-refractivity contribution is 0.102. The molecule has 6 heteroatoms. The second kappa shape index (κ2) is 9.48. The van der Waals surface area contributed by atoms with Gasteiger partial charge < -0.3 is 5.32 Å². The number of rotatable bonds is 5. The first kappa shape index (κ1) is 22.9. The number of nitrogens with one attached hydrogen (secondary N) is 1. The van der Waals surface area contributed by atoms with Crippen molar-refractivity contribution in [1.29, 1.82) is 0 Å². The molecule has 6 aromatic rings. The lowest BCUT2D eigenvalue weighted by Crippen LogP contribution is -2.14. The van der Waals surface area contributed by atoms with Crippen LogP contribution in [-0.4, -0.2) is 20.7 Å². The second-order valence-corrected chi connectivity index (χ2v) is 9.97. The molecule has 0 aliphatic rings. The quantitative estimate of drug-likeness (QED) is 0.264. The third-order valence-corrected chi connectivity index (χ3v) is 7.39. The van der Waals surface area contributed by atoms with Gasteiger partial charge in [0.15, 0.2) is 0 Å². The highest BCUT2D eigenvalue weighted by Gasteiger charge is 2.23. The number of thiazole rings is 1. The minimum Gasteiger partial charge on any atom is -0.322 e. The van der Waals surface area contributed by atoms with Crippen LogP contribution < -0.4 is 5.32 Å². The molecule has 0 aliphatic carbocycles. The van der Waals surface area contributed by atoms with Crippen LogP contribution in [0.3, 0.4) is 0 Å². The zero-order valence-electron chi connectivity index (χ0n) is 20.5. The van der Waals surface area contributed by atoms with Crippen molar-refractivity contribution in [3.63, 3.8) is 0 Å². The summed E-state index contributed by atoms with van der Waals surface area (Å²) in [6.07, 6.45) is 0. The summed E-state index contributed by atoms with van der Waals surface area (Å²) in [5.74, 6) is -0.193. The van der Waals surface area contributed by atoms with Crippen LogP contribution in [0, 0.1) is 13.8 Å². The van der Waals surface area contributed by atoms with Crippen LogP contribution in [0.5, 0.6) is 0 Å². The van der Waals surface area contributed by atoms with E-state index in [0.717, 1.165) is 38.7 Å². The first-order valence-electron chi connectivity index (χ1n) is 12.1. The molecule has 37 heavy (non-hydrogen) atoms. The molecule has 5 nitrogen and oxygen atoms in total. The first-order chi connectivity index (χ1) is 18.1. The summed E-state index contributed by atoms with van der Waals surface area (Å²) in [5.41, 5.74) is 7.76. The van der Waals surface area contributed by atoms with Gasteiger partial charge in [-0.3, -0.25) is 4.79 Å². The number of aryl methyl sites for hydroxylation is 1. The molecule has 0 radical (unpaired) electrons. The van der Waals surface area contributed by atoms with Crippen molar-refractivity contribution in [2.45, 2.75) is 13.8 Å². The number of amides is 1. The molecule has 1 N–H and O–H groups in total. The van der Waals surface area contributed by atoms with E-state index >= 15 is 0 Å². The van der Waals surface area contributed by atoms with Gasteiger partial charge in [-0.1, -0.05) is 54.6 Å². The number of nitrogens with zero attached hydrogens (tertiary/aromatic N) is 3. The molecule has 2 heterocycles. The maximum absolute atomic E-state index is 13.6. The molecule has 4 aromatic carbocycles. The Balaban J connectivity index is 1.32. The van der Waals surface area contributed by atoms with Gasteiger partial charge in [0.2, 0.25) is 0 Å². The Morgan fingerprint density at radius 3 is 2.24 bits per heavy atom. The van der Waals surface area contributed by atoms with E-state index in [2.05, 4.69) is 30.4 Å². The van der Waals surface area contributed by atoms with E-state index in [1.165, 1.54) is 10.3 Å². The van der Waals surface area contributed by atoms with Crippen LogP contribution in [-0.2, 0) is 0 Å². The zero-order chi connectivity index (χ0) is 25.4. The van der Waals surface area contributed by atoms with E-state index < -0.39 is 0 Å². The van der Waals surface area contributed by atoms with Crippen molar-refractivity contribution in [1.82, 2.24) is 14.8 Å². The second-order valence-electron chi connectivity index (χ2n) is 8.94. The number of fused-ring (bicyclic) bond motifs is 1. The average Bonchev–Trinajstić information content (AvgIpc) is 3.51. The van der Waals surface area contributed by atoms with E-state index in [0.29, 0.717) is 11.3 Å². The number of anilines is 1. The van der Waals surface area contributed by atoms with Crippen LogP contribution in [0.1, 0.15) is 21.6 Å². The van der Waals surface area contributed by atoms with E-state index in [4.69, 9.17) is 10.1 Å². The molecule has 0 saturated heterocycles. The molecular formula is C31H24N4OS. The van der Waals surface area contributed by atoms with E-state index in [-0.39, 0.29) is 5.91 Å². The van der Waals surface area contributed by atoms with Crippen LogP contribution in [0.25, 0.3) is 37.7 Å². The third kappa shape index (κ3) is 4.43. The SMILES string of the molecule is Cc1ccc2nc(-c3ccc(NC(=O)c4c(-c5ccccc5)nn(-c5ccccc5)c4C)cc3)sc2c1. The first-order valence-corrected chi connectivity index (χ1v) is 12.9.